The van der Waals surface area contributed by atoms with Gasteiger partial charge in [-0.1, -0.05) is 42.8 Å². The van der Waals surface area contributed by atoms with Crippen LogP contribution in [0, 0.1) is 6.92 Å². The van der Waals surface area contributed by atoms with Crippen molar-refractivity contribution in [3.63, 3.8) is 0 Å². The van der Waals surface area contributed by atoms with Crippen LogP contribution < -0.4 is 10.9 Å². The smallest absolute Gasteiger partial charge is 0.408 e. The molecule has 1 aromatic carbocycles. The molecule has 1 amide bonds. The molecule has 7 heteroatoms. The Kier molecular flexibility index (Phi) is 7.75. The molecule has 0 fully saturated rings. The van der Waals surface area contributed by atoms with Crippen molar-refractivity contribution in [1.29, 1.82) is 0 Å². The van der Waals surface area contributed by atoms with E-state index in [0.717, 1.165) is 11.1 Å². The zero-order chi connectivity index (χ0) is 22.3. The number of carboxylic acid groups (broad SMARTS) is 1. The first-order chi connectivity index (χ1) is 14.2. The summed E-state index contributed by atoms with van der Waals surface area (Å²) in [6.07, 6.45) is 4.54. The van der Waals surface area contributed by atoms with Gasteiger partial charge in [0.05, 0.1) is 0 Å². The highest BCUT2D eigenvalue weighted by atomic mass is 16.4. The lowest BCUT2D eigenvalue weighted by atomic mass is 9.99. The number of hydrogen-bond donors (Lipinski definition) is 3. The number of rotatable bonds is 8. The molecule has 2 rings (SSSR count). The Hall–Kier alpha value is -3.61. The predicted octanol–water partition coefficient (Wildman–Crippen LogP) is 4.61. The van der Waals surface area contributed by atoms with Gasteiger partial charge in [0.15, 0.2) is 5.78 Å². The van der Waals surface area contributed by atoms with E-state index < -0.39 is 28.8 Å². The molecule has 0 aliphatic carbocycles. The Morgan fingerprint density at radius 3 is 2.50 bits per heavy atom. The van der Waals surface area contributed by atoms with Crippen LogP contribution >= 0.6 is 0 Å². The van der Waals surface area contributed by atoms with E-state index in [0.29, 0.717) is 18.4 Å². The van der Waals surface area contributed by atoms with Crippen LogP contribution in [-0.2, 0) is 0 Å². The van der Waals surface area contributed by atoms with Crippen molar-refractivity contribution in [3.8, 4) is 5.75 Å². The van der Waals surface area contributed by atoms with Crippen molar-refractivity contribution in [2.24, 2.45) is 0 Å². The van der Waals surface area contributed by atoms with E-state index in [4.69, 9.17) is 9.52 Å². The third-order valence-corrected chi connectivity index (χ3v) is 4.57. The number of hydrogen-bond acceptors (Lipinski definition) is 5. The zero-order valence-electron chi connectivity index (χ0n) is 17.1. The van der Waals surface area contributed by atoms with E-state index in [1.165, 1.54) is 12.3 Å². The van der Waals surface area contributed by atoms with Crippen LogP contribution in [0.4, 0.5) is 4.79 Å². The summed E-state index contributed by atoms with van der Waals surface area (Å²) in [4.78, 5) is 35.5. The summed E-state index contributed by atoms with van der Waals surface area (Å²) in [6, 6.07) is 8.84. The van der Waals surface area contributed by atoms with Gasteiger partial charge in [-0.2, -0.15) is 0 Å². The molecule has 7 nitrogen and oxygen atoms in total. The second kappa shape index (κ2) is 10.2. The molecular formula is C23H25NO6. The van der Waals surface area contributed by atoms with Gasteiger partial charge in [0.25, 0.3) is 0 Å². The second-order valence-electron chi connectivity index (χ2n) is 7.09. The minimum Gasteiger partial charge on any atom is -0.507 e. The zero-order valence-corrected chi connectivity index (χ0v) is 17.1. The van der Waals surface area contributed by atoms with Crippen LogP contribution in [0.25, 0.3) is 6.08 Å². The minimum absolute atomic E-state index is 0.216. The molecule has 0 saturated carbocycles. The normalized spacial score (nSPS) is 12.7. The van der Waals surface area contributed by atoms with Gasteiger partial charge in [0.2, 0.25) is 0 Å². The average Bonchev–Trinajstić information content (AvgIpc) is 2.68. The number of aryl methyl sites for hydroxylation is 1. The van der Waals surface area contributed by atoms with Crippen LogP contribution in [0.3, 0.4) is 0 Å². The molecule has 0 saturated heterocycles. The summed E-state index contributed by atoms with van der Waals surface area (Å²) in [5.41, 5.74) is 0.927. The Balaban J connectivity index is 2.16. The van der Waals surface area contributed by atoms with Crippen molar-refractivity contribution in [3.05, 3.63) is 81.1 Å². The van der Waals surface area contributed by atoms with E-state index in [1.807, 2.05) is 31.2 Å². The van der Waals surface area contributed by atoms with Crippen LogP contribution in [0.1, 0.15) is 59.9 Å². The Bertz CT molecular complexity index is 1030. The SMILES string of the molecule is C/C(=C\c1ccc(C)cc1)C(=O)c1c(O)cc(C(C)CCC=CNC(=O)O)oc1=O. The molecular weight excluding hydrogens is 386 g/mol. The maximum Gasteiger partial charge on any atom is 0.408 e. The lowest BCUT2D eigenvalue weighted by molar-refractivity contribution is 0.102. The molecule has 1 aromatic heterocycles. The summed E-state index contributed by atoms with van der Waals surface area (Å²) in [5.74, 6) is -0.971. The molecule has 2 aromatic rings. The van der Waals surface area contributed by atoms with Gasteiger partial charge in [-0.3, -0.25) is 10.1 Å². The number of Topliss-reactive ketones (excluding diaryl/α,β-unsaturated/α-hetero) is 1. The van der Waals surface area contributed by atoms with E-state index in [9.17, 15) is 19.5 Å². The first kappa shape index (κ1) is 22.7. The van der Waals surface area contributed by atoms with E-state index in [1.54, 1.807) is 26.0 Å². The first-order valence-electron chi connectivity index (χ1n) is 9.50. The van der Waals surface area contributed by atoms with E-state index in [2.05, 4.69) is 5.32 Å². The van der Waals surface area contributed by atoms with Crippen molar-refractivity contribution in [1.82, 2.24) is 5.32 Å². The fourth-order valence-electron chi connectivity index (χ4n) is 2.83. The largest absolute Gasteiger partial charge is 0.507 e. The van der Waals surface area contributed by atoms with Gasteiger partial charge in [-0.25, -0.2) is 9.59 Å². The summed E-state index contributed by atoms with van der Waals surface area (Å²) in [5, 5.41) is 20.9. The maximum absolute atomic E-state index is 12.7. The summed E-state index contributed by atoms with van der Waals surface area (Å²) < 4.78 is 5.29. The highest BCUT2D eigenvalue weighted by Gasteiger charge is 2.22. The molecule has 0 aliphatic heterocycles. The Morgan fingerprint density at radius 2 is 1.90 bits per heavy atom. The fourth-order valence-corrected chi connectivity index (χ4v) is 2.83. The van der Waals surface area contributed by atoms with E-state index >= 15 is 0 Å². The number of carbonyl (C=O) groups excluding carboxylic acids is 1. The third kappa shape index (κ3) is 6.20. The second-order valence-corrected chi connectivity index (χ2v) is 7.09. The molecule has 0 spiro atoms. The Labute approximate surface area is 174 Å². The number of carbonyl (C=O) groups is 2. The minimum atomic E-state index is -1.15. The molecule has 0 aliphatic rings. The first-order valence-corrected chi connectivity index (χ1v) is 9.50. The van der Waals surface area contributed by atoms with Crippen molar-refractivity contribution in [2.45, 2.75) is 39.5 Å². The number of benzene rings is 1. The number of allylic oxidation sites excluding steroid dienone is 2. The average molecular weight is 411 g/mol. The molecule has 1 atom stereocenters. The van der Waals surface area contributed by atoms with Crippen LogP contribution in [0.15, 0.2) is 57.4 Å². The van der Waals surface area contributed by atoms with Gasteiger partial charge >= 0.3 is 11.7 Å². The molecule has 0 radical (unpaired) electrons. The van der Waals surface area contributed by atoms with Gasteiger partial charge in [0.1, 0.15) is 17.1 Å². The van der Waals surface area contributed by atoms with Crippen LogP contribution in [0.5, 0.6) is 5.75 Å². The fraction of sp³-hybridized carbons (Fsp3) is 0.261. The van der Waals surface area contributed by atoms with Crippen molar-refractivity contribution < 1.29 is 24.2 Å². The van der Waals surface area contributed by atoms with Gasteiger partial charge in [-0.15, -0.1) is 0 Å². The van der Waals surface area contributed by atoms with Crippen molar-refractivity contribution >= 4 is 18.0 Å². The molecule has 1 unspecified atom stereocenters. The van der Waals surface area contributed by atoms with E-state index in [-0.39, 0.29) is 11.7 Å². The number of nitrogens with one attached hydrogen (secondary N) is 1. The topological polar surface area (TPSA) is 117 Å². The van der Waals surface area contributed by atoms with Gasteiger partial charge in [0, 0.05) is 18.2 Å². The lowest BCUT2D eigenvalue weighted by Gasteiger charge is -2.11. The van der Waals surface area contributed by atoms with Crippen LogP contribution in [0.2, 0.25) is 0 Å². The number of ketones is 1. The molecule has 1 heterocycles. The summed E-state index contributed by atoms with van der Waals surface area (Å²) >= 11 is 0. The Morgan fingerprint density at radius 1 is 1.23 bits per heavy atom. The van der Waals surface area contributed by atoms with Crippen LogP contribution in [-0.4, -0.2) is 22.1 Å². The predicted molar refractivity (Wildman–Crippen MR) is 114 cm³/mol. The lowest BCUT2D eigenvalue weighted by Crippen LogP contribution is -2.16. The maximum atomic E-state index is 12.7. The van der Waals surface area contributed by atoms with Gasteiger partial charge < -0.3 is 14.6 Å². The van der Waals surface area contributed by atoms with Gasteiger partial charge in [-0.05, 0) is 43.9 Å². The monoisotopic (exact) mass is 411 g/mol. The molecule has 3 N–H and O–H groups in total. The molecule has 158 valence electrons. The summed E-state index contributed by atoms with van der Waals surface area (Å²) in [6.45, 7) is 5.34. The summed E-state index contributed by atoms with van der Waals surface area (Å²) in [7, 11) is 0. The third-order valence-electron chi connectivity index (χ3n) is 4.57. The molecule has 0 bridgehead atoms. The number of amides is 1. The quantitative estimate of drug-likeness (QED) is 0.431. The standard InChI is InChI=1S/C23H25NO6/c1-14-7-9-17(10-8-14)12-16(3)21(26)20-18(25)13-19(30-22(20)27)15(2)6-4-5-11-24-23(28)29/h5,7-13,15,24-25H,4,6H2,1-3H3,(H,28,29)/b11-5?,16-12+. The number of aromatic hydroxyl groups is 1. The highest BCUT2D eigenvalue weighted by Crippen LogP contribution is 2.26. The highest BCUT2D eigenvalue weighted by molar-refractivity contribution is 6.12. The van der Waals surface area contributed by atoms with Crippen molar-refractivity contribution in [2.75, 3.05) is 0 Å². The molecule has 30 heavy (non-hydrogen) atoms.